The number of hydrogen-bond donors (Lipinski definition) is 4. The molecule has 0 bridgehead atoms. The maximum absolute atomic E-state index is 12.0. The van der Waals surface area contributed by atoms with Gasteiger partial charge in [-0.2, -0.15) is 15.4 Å². The summed E-state index contributed by atoms with van der Waals surface area (Å²) in [6, 6.07) is 5.17. The van der Waals surface area contributed by atoms with E-state index >= 15 is 0 Å². The van der Waals surface area contributed by atoms with Gasteiger partial charge in [-0.25, -0.2) is 4.79 Å². The zero-order valence-electron chi connectivity index (χ0n) is 11.7. The number of rotatable bonds is 4. The Hall–Kier alpha value is -2.68. The van der Waals surface area contributed by atoms with Crippen LogP contribution in [-0.4, -0.2) is 63.1 Å². The average Bonchev–Trinajstić information content (AvgIpc) is 3.06. The lowest BCUT2D eigenvalue weighted by Crippen LogP contribution is -2.38. The van der Waals surface area contributed by atoms with E-state index in [1.54, 1.807) is 18.2 Å². The van der Waals surface area contributed by atoms with E-state index in [1.165, 1.54) is 0 Å². The predicted molar refractivity (Wildman–Crippen MR) is 78.5 cm³/mol. The number of benzene rings is 1. The minimum atomic E-state index is -1.03. The summed E-state index contributed by atoms with van der Waals surface area (Å²) in [6.07, 6.45) is -0.318. The normalized spacial score (nSPS) is 18.5. The van der Waals surface area contributed by atoms with Crippen LogP contribution in [0.3, 0.4) is 0 Å². The predicted octanol–water partition coefficient (Wildman–Crippen LogP) is 0.238. The molecule has 1 aromatic heterocycles. The van der Waals surface area contributed by atoms with Crippen LogP contribution < -0.4 is 10.6 Å². The van der Waals surface area contributed by atoms with Crippen molar-refractivity contribution in [3.8, 4) is 0 Å². The van der Waals surface area contributed by atoms with Gasteiger partial charge < -0.3 is 15.7 Å². The van der Waals surface area contributed by atoms with Crippen molar-refractivity contribution >= 4 is 28.7 Å². The van der Waals surface area contributed by atoms with Gasteiger partial charge in [-0.15, -0.1) is 0 Å². The second-order valence-electron chi connectivity index (χ2n) is 5.25. The summed E-state index contributed by atoms with van der Waals surface area (Å²) in [7, 11) is 0. The molecule has 0 aliphatic carbocycles. The van der Waals surface area contributed by atoms with E-state index in [9.17, 15) is 9.59 Å². The highest BCUT2D eigenvalue weighted by atomic mass is 16.4. The lowest BCUT2D eigenvalue weighted by Gasteiger charge is -2.15. The smallest absolute Gasteiger partial charge is 0.404 e. The monoisotopic (exact) mass is 304 g/mol. The molecule has 1 aliphatic rings. The van der Waals surface area contributed by atoms with Crippen LogP contribution in [0.25, 0.3) is 11.0 Å². The molecule has 1 atom stereocenters. The van der Waals surface area contributed by atoms with Crippen LogP contribution in [0.2, 0.25) is 0 Å². The molecule has 4 N–H and O–H groups in total. The van der Waals surface area contributed by atoms with Gasteiger partial charge >= 0.3 is 6.09 Å². The summed E-state index contributed by atoms with van der Waals surface area (Å²) in [6.45, 7) is 1.47. The van der Waals surface area contributed by atoms with Gasteiger partial charge in [-0.05, 0) is 24.6 Å². The van der Waals surface area contributed by atoms with Crippen molar-refractivity contribution in [1.82, 2.24) is 25.6 Å². The third-order valence-electron chi connectivity index (χ3n) is 3.57. The highest BCUT2D eigenvalue weighted by molar-refractivity contribution is 5.94. The van der Waals surface area contributed by atoms with Gasteiger partial charge in [-0.3, -0.25) is 9.69 Å². The van der Waals surface area contributed by atoms with Crippen LogP contribution in [-0.2, 0) is 4.79 Å². The summed E-state index contributed by atoms with van der Waals surface area (Å²) in [4.78, 5) is 24.5. The first-order valence-electron chi connectivity index (χ1n) is 6.92. The Morgan fingerprint density at radius 2 is 2.18 bits per heavy atom. The van der Waals surface area contributed by atoms with Crippen LogP contribution in [0.15, 0.2) is 18.2 Å². The Bertz CT molecular complexity index is 700. The maximum atomic E-state index is 12.0. The molecule has 1 unspecified atom stereocenters. The van der Waals surface area contributed by atoms with Crippen LogP contribution in [0, 0.1) is 0 Å². The van der Waals surface area contributed by atoms with E-state index in [0.717, 1.165) is 5.52 Å². The Labute approximate surface area is 125 Å². The molecule has 116 valence electrons. The standard InChI is InChI=1S/C13H16N6O3/c20-12(7-19-4-3-9(6-19)15-13(21)22)14-8-1-2-10-11(5-8)17-18-16-10/h1-2,5,9,15H,3-4,6-7H2,(H,14,20)(H,21,22)(H,16,17,18). The number of anilines is 1. The first-order valence-corrected chi connectivity index (χ1v) is 6.92. The average molecular weight is 304 g/mol. The molecule has 1 fully saturated rings. The molecule has 1 aromatic carbocycles. The van der Waals surface area contributed by atoms with Crippen LogP contribution >= 0.6 is 0 Å². The van der Waals surface area contributed by atoms with Gasteiger partial charge in [0.05, 0.1) is 6.54 Å². The molecule has 2 amide bonds. The van der Waals surface area contributed by atoms with Crippen LogP contribution in [0.1, 0.15) is 6.42 Å². The molecular formula is C13H16N6O3. The van der Waals surface area contributed by atoms with Crippen molar-refractivity contribution in [1.29, 1.82) is 0 Å². The molecule has 9 heteroatoms. The van der Waals surface area contributed by atoms with Crippen molar-refractivity contribution in [3.63, 3.8) is 0 Å². The number of H-pyrrole nitrogens is 1. The molecule has 2 aromatic rings. The first-order chi connectivity index (χ1) is 10.6. The van der Waals surface area contributed by atoms with E-state index in [-0.39, 0.29) is 18.5 Å². The number of nitrogens with one attached hydrogen (secondary N) is 3. The molecule has 1 saturated heterocycles. The van der Waals surface area contributed by atoms with Gasteiger partial charge in [0.2, 0.25) is 5.91 Å². The molecule has 22 heavy (non-hydrogen) atoms. The number of aromatic amines is 1. The maximum Gasteiger partial charge on any atom is 0.404 e. The second kappa shape index (κ2) is 5.98. The summed E-state index contributed by atoms with van der Waals surface area (Å²) >= 11 is 0. The van der Waals surface area contributed by atoms with Crippen LogP contribution in [0.4, 0.5) is 10.5 Å². The largest absolute Gasteiger partial charge is 0.465 e. The fourth-order valence-electron chi connectivity index (χ4n) is 2.59. The molecule has 0 saturated carbocycles. The Kier molecular flexibility index (Phi) is 3.88. The minimum absolute atomic E-state index is 0.114. The number of carbonyl (C=O) groups is 2. The SMILES string of the molecule is O=C(O)NC1CCN(CC(=O)Nc2ccc3n[nH]nc3c2)C1. The van der Waals surface area contributed by atoms with Gasteiger partial charge in [0.15, 0.2) is 0 Å². The molecule has 3 rings (SSSR count). The number of hydrogen-bond acceptors (Lipinski definition) is 5. The first kappa shape index (κ1) is 14.3. The molecule has 1 aliphatic heterocycles. The summed E-state index contributed by atoms with van der Waals surface area (Å²) in [5.74, 6) is -0.140. The van der Waals surface area contributed by atoms with Gasteiger partial charge in [-0.1, -0.05) is 0 Å². The van der Waals surface area contributed by atoms with Crippen molar-refractivity contribution in [3.05, 3.63) is 18.2 Å². The molecular weight excluding hydrogens is 288 g/mol. The number of likely N-dealkylation sites (tertiary alicyclic amines) is 1. The van der Waals surface area contributed by atoms with Gasteiger partial charge in [0.25, 0.3) is 0 Å². The van der Waals surface area contributed by atoms with Crippen LogP contribution in [0.5, 0.6) is 0 Å². The van der Waals surface area contributed by atoms with Crippen molar-refractivity contribution < 1.29 is 14.7 Å². The Morgan fingerprint density at radius 1 is 1.36 bits per heavy atom. The lowest BCUT2D eigenvalue weighted by atomic mass is 10.2. The van der Waals surface area contributed by atoms with E-state index in [0.29, 0.717) is 30.7 Å². The Morgan fingerprint density at radius 3 is 3.00 bits per heavy atom. The Balaban J connectivity index is 1.53. The zero-order valence-corrected chi connectivity index (χ0v) is 11.7. The van der Waals surface area contributed by atoms with Gasteiger partial charge in [0.1, 0.15) is 11.0 Å². The summed E-state index contributed by atoms with van der Waals surface area (Å²) < 4.78 is 0. The third-order valence-corrected chi connectivity index (χ3v) is 3.57. The number of aromatic nitrogens is 3. The topological polar surface area (TPSA) is 123 Å². The van der Waals surface area contributed by atoms with Crippen molar-refractivity contribution in [2.45, 2.75) is 12.5 Å². The third kappa shape index (κ3) is 3.31. The van der Waals surface area contributed by atoms with Gasteiger partial charge in [0, 0.05) is 24.8 Å². The van der Waals surface area contributed by atoms with Crippen molar-refractivity contribution in [2.24, 2.45) is 0 Å². The fourth-order valence-corrected chi connectivity index (χ4v) is 2.59. The van der Waals surface area contributed by atoms with E-state index in [4.69, 9.17) is 5.11 Å². The fraction of sp³-hybridized carbons (Fsp3) is 0.385. The number of amides is 2. The highest BCUT2D eigenvalue weighted by Crippen LogP contribution is 2.15. The lowest BCUT2D eigenvalue weighted by molar-refractivity contribution is -0.117. The molecule has 2 heterocycles. The number of nitrogens with zero attached hydrogens (tertiary/aromatic N) is 3. The molecule has 9 nitrogen and oxygen atoms in total. The highest BCUT2D eigenvalue weighted by Gasteiger charge is 2.25. The molecule has 0 spiro atoms. The number of carbonyl (C=O) groups excluding carboxylic acids is 1. The van der Waals surface area contributed by atoms with Crippen molar-refractivity contribution in [2.75, 3.05) is 25.0 Å². The van der Waals surface area contributed by atoms with E-state index < -0.39 is 6.09 Å². The molecule has 0 radical (unpaired) electrons. The zero-order chi connectivity index (χ0) is 15.5. The number of carboxylic acid groups (broad SMARTS) is 1. The van der Waals surface area contributed by atoms with E-state index in [1.807, 2.05) is 4.90 Å². The summed E-state index contributed by atoms with van der Waals surface area (Å²) in [5, 5.41) is 24.4. The number of fused-ring (bicyclic) bond motifs is 1. The summed E-state index contributed by atoms with van der Waals surface area (Å²) in [5.41, 5.74) is 2.08. The van der Waals surface area contributed by atoms with E-state index in [2.05, 4.69) is 26.0 Å². The quantitative estimate of drug-likeness (QED) is 0.641. The minimum Gasteiger partial charge on any atom is -0.465 e. The second-order valence-corrected chi connectivity index (χ2v) is 5.25.